The second-order valence-corrected chi connectivity index (χ2v) is 9.13. The van der Waals surface area contributed by atoms with Gasteiger partial charge in [0.15, 0.2) is 0 Å². The lowest BCUT2D eigenvalue weighted by Crippen LogP contribution is -2.51. The van der Waals surface area contributed by atoms with Crippen LogP contribution in [0.4, 0.5) is 0 Å². The fourth-order valence-electron chi connectivity index (χ4n) is 4.95. The molecule has 1 atom stereocenters. The largest absolute Gasteiger partial charge is 0.355 e. The van der Waals surface area contributed by atoms with Crippen LogP contribution in [0.2, 0.25) is 0 Å². The van der Waals surface area contributed by atoms with Gasteiger partial charge in [0, 0.05) is 38.1 Å². The highest BCUT2D eigenvalue weighted by molar-refractivity contribution is 5.81. The molecule has 3 aliphatic rings. The number of likely N-dealkylation sites (tertiary alicyclic amines) is 2. The molecular formula is C24H35N3O2. The number of piperidine rings is 2. The van der Waals surface area contributed by atoms with Gasteiger partial charge in [-0.25, -0.2) is 0 Å². The number of benzene rings is 1. The van der Waals surface area contributed by atoms with Gasteiger partial charge >= 0.3 is 0 Å². The maximum Gasteiger partial charge on any atom is 0.225 e. The molecule has 1 unspecified atom stereocenters. The average Bonchev–Trinajstić information content (AvgIpc) is 3.60. The second kappa shape index (κ2) is 9.29. The minimum atomic E-state index is 0.103. The van der Waals surface area contributed by atoms with Crippen LogP contribution < -0.4 is 5.32 Å². The summed E-state index contributed by atoms with van der Waals surface area (Å²) in [4.78, 5) is 29.6. The molecule has 5 heteroatoms. The van der Waals surface area contributed by atoms with Crippen molar-refractivity contribution in [1.82, 2.24) is 15.1 Å². The molecule has 2 aliphatic heterocycles. The monoisotopic (exact) mass is 397 g/mol. The third-order valence-electron chi connectivity index (χ3n) is 7.00. The molecule has 2 heterocycles. The molecule has 0 bridgehead atoms. The van der Waals surface area contributed by atoms with E-state index in [-0.39, 0.29) is 11.8 Å². The highest BCUT2D eigenvalue weighted by Crippen LogP contribution is 2.32. The third kappa shape index (κ3) is 5.19. The summed E-state index contributed by atoms with van der Waals surface area (Å²) in [6.07, 6.45) is 7.27. The van der Waals surface area contributed by atoms with Crippen LogP contribution in [0.3, 0.4) is 0 Å². The zero-order chi connectivity index (χ0) is 20.2. The number of hydrogen-bond acceptors (Lipinski definition) is 3. The van der Waals surface area contributed by atoms with Gasteiger partial charge in [-0.05, 0) is 69.5 Å². The minimum absolute atomic E-state index is 0.103. The number of carbonyl (C=O) groups is 2. The number of aryl methyl sites for hydroxylation is 1. The van der Waals surface area contributed by atoms with Crippen molar-refractivity contribution in [2.45, 2.75) is 57.9 Å². The molecule has 3 fully saturated rings. The second-order valence-electron chi connectivity index (χ2n) is 9.13. The van der Waals surface area contributed by atoms with Gasteiger partial charge in [0.05, 0.1) is 5.92 Å². The van der Waals surface area contributed by atoms with E-state index in [1.54, 1.807) is 0 Å². The Morgan fingerprint density at radius 3 is 2.48 bits per heavy atom. The van der Waals surface area contributed by atoms with E-state index in [1.165, 1.54) is 11.1 Å². The Balaban J connectivity index is 1.21. The molecule has 29 heavy (non-hydrogen) atoms. The highest BCUT2D eigenvalue weighted by atomic mass is 16.2. The zero-order valence-electron chi connectivity index (χ0n) is 17.7. The molecule has 1 saturated carbocycles. The van der Waals surface area contributed by atoms with Crippen molar-refractivity contribution in [3.05, 3.63) is 35.4 Å². The first kappa shape index (κ1) is 20.4. The van der Waals surface area contributed by atoms with Crippen LogP contribution in [-0.2, 0) is 16.0 Å². The molecule has 2 amide bonds. The van der Waals surface area contributed by atoms with Gasteiger partial charge in [-0.2, -0.15) is 0 Å². The normalized spacial score (nSPS) is 23.8. The van der Waals surface area contributed by atoms with E-state index < -0.39 is 0 Å². The van der Waals surface area contributed by atoms with Crippen LogP contribution in [0.1, 0.15) is 49.7 Å². The first-order chi connectivity index (χ1) is 14.1. The van der Waals surface area contributed by atoms with Crippen molar-refractivity contribution in [2.24, 2.45) is 11.8 Å². The molecule has 0 radical (unpaired) electrons. The average molecular weight is 398 g/mol. The summed E-state index contributed by atoms with van der Waals surface area (Å²) in [5, 5.41) is 3.17. The van der Waals surface area contributed by atoms with E-state index >= 15 is 0 Å². The topological polar surface area (TPSA) is 52.7 Å². The first-order valence-electron chi connectivity index (χ1n) is 11.5. The molecular weight excluding hydrogens is 362 g/mol. The quantitative estimate of drug-likeness (QED) is 0.803. The van der Waals surface area contributed by atoms with Crippen molar-refractivity contribution in [3.63, 3.8) is 0 Å². The van der Waals surface area contributed by atoms with E-state index in [4.69, 9.17) is 0 Å². The summed E-state index contributed by atoms with van der Waals surface area (Å²) < 4.78 is 0. The number of hydrogen-bond donors (Lipinski definition) is 1. The number of amides is 2. The number of carbonyl (C=O) groups excluding carboxylic acids is 2. The van der Waals surface area contributed by atoms with Crippen molar-refractivity contribution >= 4 is 11.8 Å². The molecule has 1 aliphatic carbocycles. The molecule has 4 rings (SSSR count). The van der Waals surface area contributed by atoms with Crippen LogP contribution in [-0.4, -0.2) is 60.4 Å². The molecule has 1 aromatic carbocycles. The minimum Gasteiger partial charge on any atom is -0.355 e. The molecule has 0 aromatic heterocycles. The van der Waals surface area contributed by atoms with Gasteiger partial charge in [0.2, 0.25) is 11.8 Å². The molecule has 0 spiro atoms. The van der Waals surface area contributed by atoms with E-state index in [1.807, 2.05) is 0 Å². The molecule has 1 N–H and O–H groups in total. The molecule has 158 valence electrons. The lowest BCUT2D eigenvalue weighted by molar-refractivity contribution is -0.134. The van der Waals surface area contributed by atoms with Crippen LogP contribution in [0.5, 0.6) is 0 Å². The van der Waals surface area contributed by atoms with Crippen molar-refractivity contribution in [3.8, 4) is 0 Å². The Bertz CT molecular complexity index is 723. The molecule has 2 saturated heterocycles. The predicted octanol–water partition coefficient (Wildman–Crippen LogP) is 2.77. The number of rotatable bonds is 6. The Hall–Kier alpha value is -1.88. The Labute approximate surface area is 174 Å². The van der Waals surface area contributed by atoms with E-state index in [0.717, 1.165) is 71.1 Å². The Morgan fingerprint density at radius 1 is 1.00 bits per heavy atom. The van der Waals surface area contributed by atoms with Crippen LogP contribution in [0.15, 0.2) is 24.3 Å². The standard InChI is InChI=1S/C24H35N3O2/c1-18-5-2-3-6-19(18)10-13-25-23(28)21-7-4-14-27(17-21)22-11-15-26(16-12-22)24(29)20-8-9-20/h2-3,5-6,20-22H,4,7-17H2,1H3,(H,25,28). The lowest BCUT2D eigenvalue weighted by atomic mass is 9.93. The fraction of sp³-hybridized carbons (Fsp3) is 0.667. The van der Waals surface area contributed by atoms with E-state index in [9.17, 15) is 9.59 Å². The van der Waals surface area contributed by atoms with Gasteiger partial charge in [-0.1, -0.05) is 24.3 Å². The van der Waals surface area contributed by atoms with Gasteiger partial charge in [0.25, 0.3) is 0 Å². The molecule has 5 nitrogen and oxygen atoms in total. The summed E-state index contributed by atoms with van der Waals surface area (Å²) in [7, 11) is 0. The maximum atomic E-state index is 12.7. The van der Waals surface area contributed by atoms with Crippen LogP contribution in [0.25, 0.3) is 0 Å². The van der Waals surface area contributed by atoms with Crippen molar-refractivity contribution in [1.29, 1.82) is 0 Å². The van der Waals surface area contributed by atoms with Crippen molar-refractivity contribution < 1.29 is 9.59 Å². The summed E-state index contributed by atoms with van der Waals surface area (Å²) >= 11 is 0. The predicted molar refractivity (Wildman–Crippen MR) is 115 cm³/mol. The Kier molecular flexibility index (Phi) is 6.53. The summed E-state index contributed by atoms with van der Waals surface area (Å²) in [5.74, 6) is 1.03. The fourth-order valence-corrected chi connectivity index (χ4v) is 4.95. The van der Waals surface area contributed by atoms with Gasteiger partial charge in [0.1, 0.15) is 0 Å². The smallest absolute Gasteiger partial charge is 0.225 e. The number of nitrogens with one attached hydrogen (secondary N) is 1. The Morgan fingerprint density at radius 2 is 1.76 bits per heavy atom. The maximum absolute atomic E-state index is 12.7. The van der Waals surface area contributed by atoms with Crippen molar-refractivity contribution in [2.75, 3.05) is 32.7 Å². The summed E-state index contributed by atoms with van der Waals surface area (Å²) in [5.41, 5.74) is 2.60. The third-order valence-corrected chi connectivity index (χ3v) is 7.00. The summed E-state index contributed by atoms with van der Waals surface area (Å²) in [6.45, 7) is 6.58. The van der Waals surface area contributed by atoms with Crippen LogP contribution in [0, 0.1) is 18.8 Å². The highest BCUT2D eigenvalue weighted by Gasteiger charge is 2.37. The van der Waals surface area contributed by atoms with E-state index in [0.29, 0.717) is 24.4 Å². The summed E-state index contributed by atoms with van der Waals surface area (Å²) in [6, 6.07) is 8.91. The lowest BCUT2D eigenvalue weighted by Gasteiger charge is -2.42. The van der Waals surface area contributed by atoms with Crippen LogP contribution >= 0.6 is 0 Å². The number of nitrogens with zero attached hydrogens (tertiary/aromatic N) is 2. The molecule has 1 aromatic rings. The zero-order valence-corrected chi connectivity index (χ0v) is 17.7. The van der Waals surface area contributed by atoms with Gasteiger partial charge < -0.3 is 10.2 Å². The first-order valence-corrected chi connectivity index (χ1v) is 11.5. The van der Waals surface area contributed by atoms with Gasteiger partial charge in [-0.3, -0.25) is 14.5 Å². The van der Waals surface area contributed by atoms with Gasteiger partial charge in [-0.15, -0.1) is 0 Å². The SMILES string of the molecule is Cc1ccccc1CCNC(=O)C1CCCN(C2CCN(C(=O)C3CC3)CC2)C1. The van der Waals surface area contributed by atoms with E-state index in [2.05, 4.69) is 46.3 Å².